The summed E-state index contributed by atoms with van der Waals surface area (Å²) in [5.41, 5.74) is -0.394. The molecule has 1 aromatic carbocycles. The Balaban J connectivity index is 2.87. The molecule has 0 saturated carbocycles. The van der Waals surface area contributed by atoms with E-state index in [2.05, 4.69) is 0 Å². The van der Waals surface area contributed by atoms with Gasteiger partial charge in [0, 0.05) is 22.8 Å². The fraction of sp³-hybridized carbons (Fsp3) is 0.455. The molecule has 0 aliphatic heterocycles. The zero-order valence-corrected chi connectivity index (χ0v) is 12.0. The summed E-state index contributed by atoms with van der Waals surface area (Å²) in [6, 6.07) is 3.16. The molecule has 0 amide bonds. The van der Waals surface area contributed by atoms with Crippen molar-refractivity contribution in [2.75, 3.05) is 13.3 Å². The van der Waals surface area contributed by atoms with Crippen LogP contribution in [0.2, 0.25) is 0 Å². The third-order valence-corrected chi connectivity index (χ3v) is 3.78. The number of nitro groups is 1. The van der Waals surface area contributed by atoms with Crippen LogP contribution in [0.1, 0.15) is 19.3 Å². The van der Waals surface area contributed by atoms with Gasteiger partial charge in [-0.15, -0.1) is 0 Å². The predicted molar refractivity (Wildman–Crippen MR) is 71.5 cm³/mol. The first-order valence-electron chi connectivity index (χ1n) is 5.78. The number of hydrogen-bond acceptors (Lipinski definition) is 5. The van der Waals surface area contributed by atoms with Crippen LogP contribution in [0.15, 0.2) is 23.1 Å². The summed E-state index contributed by atoms with van der Waals surface area (Å²) >= 11 is 0. The molecule has 0 radical (unpaired) electrons. The summed E-state index contributed by atoms with van der Waals surface area (Å²) in [6.07, 6.45) is 1.55. The Morgan fingerprint density at radius 2 is 2.00 bits per heavy atom. The van der Waals surface area contributed by atoms with Gasteiger partial charge in [0.1, 0.15) is 10.6 Å². The van der Waals surface area contributed by atoms with Crippen LogP contribution in [-0.2, 0) is 9.05 Å². The monoisotopic (exact) mass is 325 g/mol. The number of alkyl halides is 1. The summed E-state index contributed by atoms with van der Waals surface area (Å²) in [7, 11) is 1.07. The fourth-order valence-corrected chi connectivity index (χ4v) is 2.47. The van der Waals surface area contributed by atoms with Crippen LogP contribution in [-0.4, -0.2) is 26.6 Å². The number of nitrogens with zero attached hydrogens (tertiary/aromatic N) is 1. The summed E-state index contributed by atoms with van der Waals surface area (Å²) < 4.78 is 39.9. The molecule has 0 atom stereocenters. The Bertz CT molecular complexity index is 578. The summed E-state index contributed by atoms with van der Waals surface area (Å²) in [4.78, 5) is 9.44. The van der Waals surface area contributed by atoms with E-state index in [-0.39, 0.29) is 12.4 Å². The quantitative estimate of drug-likeness (QED) is 0.317. The second-order valence-electron chi connectivity index (χ2n) is 3.92. The van der Waals surface area contributed by atoms with Gasteiger partial charge in [0.2, 0.25) is 0 Å². The lowest BCUT2D eigenvalue weighted by molar-refractivity contribution is -0.385. The topological polar surface area (TPSA) is 86.5 Å². The number of non-ortho nitro benzene ring substituents is 1. The van der Waals surface area contributed by atoms with E-state index >= 15 is 0 Å². The molecule has 0 heterocycles. The maximum atomic E-state index is 11.9. The van der Waals surface area contributed by atoms with Gasteiger partial charge < -0.3 is 4.74 Å². The number of ether oxygens (including phenoxy) is 1. The maximum Gasteiger partial charge on any atom is 0.271 e. The molecule has 0 aliphatic rings. The van der Waals surface area contributed by atoms with Crippen LogP contribution in [0.4, 0.5) is 10.1 Å². The van der Waals surface area contributed by atoms with Gasteiger partial charge >= 0.3 is 0 Å². The van der Waals surface area contributed by atoms with E-state index in [0.717, 1.165) is 12.1 Å². The fourth-order valence-electron chi connectivity index (χ4n) is 1.48. The average Bonchev–Trinajstić information content (AvgIpc) is 2.37. The molecule has 20 heavy (non-hydrogen) atoms. The minimum absolute atomic E-state index is 0.0501. The van der Waals surface area contributed by atoms with Crippen LogP contribution < -0.4 is 4.74 Å². The van der Waals surface area contributed by atoms with Crippen LogP contribution in [0.3, 0.4) is 0 Å². The van der Waals surface area contributed by atoms with Crippen LogP contribution in [0.5, 0.6) is 5.75 Å². The van der Waals surface area contributed by atoms with E-state index in [1.807, 2.05) is 0 Å². The summed E-state index contributed by atoms with van der Waals surface area (Å²) in [6.45, 7) is -0.240. The van der Waals surface area contributed by atoms with Crippen molar-refractivity contribution in [3.05, 3.63) is 28.3 Å². The zero-order chi connectivity index (χ0) is 15.2. The van der Waals surface area contributed by atoms with Gasteiger partial charge in [0.25, 0.3) is 14.7 Å². The summed E-state index contributed by atoms with van der Waals surface area (Å²) in [5, 5.41) is 10.6. The van der Waals surface area contributed by atoms with Crippen LogP contribution >= 0.6 is 10.7 Å². The first-order valence-corrected chi connectivity index (χ1v) is 8.09. The normalized spacial score (nSPS) is 11.3. The first-order chi connectivity index (χ1) is 9.36. The van der Waals surface area contributed by atoms with E-state index in [1.165, 1.54) is 6.07 Å². The highest BCUT2D eigenvalue weighted by atomic mass is 35.7. The van der Waals surface area contributed by atoms with E-state index in [9.17, 15) is 22.9 Å². The van der Waals surface area contributed by atoms with Crippen molar-refractivity contribution >= 4 is 25.4 Å². The van der Waals surface area contributed by atoms with Crippen molar-refractivity contribution in [1.82, 2.24) is 0 Å². The van der Waals surface area contributed by atoms with E-state index in [0.29, 0.717) is 19.3 Å². The van der Waals surface area contributed by atoms with Gasteiger partial charge in [-0.1, -0.05) is 0 Å². The Morgan fingerprint density at radius 1 is 1.30 bits per heavy atom. The molecule has 0 unspecified atom stereocenters. The lowest BCUT2D eigenvalue weighted by Crippen LogP contribution is -2.03. The van der Waals surface area contributed by atoms with Crippen molar-refractivity contribution in [3.8, 4) is 5.75 Å². The predicted octanol–water partition coefficient (Wildman–Crippen LogP) is 3.04. The van der Waals surface area contributed by atoms with Crippen molar-refractivity contribution in [2.24, 2.45) is 0 Å². The smallest absolute Gasteiger partial charge is 0.271 e. The number of rotatable bonds is 8. The van der Waals surface area contributed by atoms with Gasteiger partial charge in [-0.2, -0.15) is 0 Å². The van der Waals surface area contributed by atoms with Crippen LogP contribution in [0.25, 0.3) is 0 Å². The molecule has 6 nitrogen and oxygen atoms in total. The van der Waals surface area contributed by atoms with Crippen molar-refractivity contribution in [2.45, 2.75) is 24.2 Å². The maximum absolute atomic E-state index is 11.9. The number of halogens is 2. The van der Waals surface area contributed by atoms with Crippen molar-refractivity contribution in [3.63, 3.8) is 0 Å². The molecule has 0 bridgehead atoms. The molecular weight excluding hydrogens is 313 g/mol. The number of hydrogen-bond donors (Lipinski definition) is 0. The minimum atomic E-state index is -4.15. The lowest BCUT2D eigenvalue weighted by atomic mass is 10.2. The third kappa shape index (κ3) is 4.93. The van der Waals surface area contributed by atoms with Gasteiger partial charge in [-0.25, -0.2) is 8.42 Å². The second kappa shape index (κ2) is 7.39. The molecule has 0 aromatic heterocycles. The highest BCUT2D eigenvalue weighted by Crippen LogP contribution is 2.30. The summed E-state index contributed by atoms with van der Waals surface area (Å²) in [5.74, 6) is -0.0501. The number of nitro benzene ring substituents is 1. The van der Waals surface area contributed by atoms with Gasteiger partial charge in [-0.3, -0.25) is 14.5 Å². The molecule has 1 rings (SSSR count). The number of unbranched alkanes of at least 4 members (excludes halogenated alkanes) is 2. The molecule has 112 valence electrons. The molecule has 0 saturated heterocycles. The Hall–Kier alpha value is -1.41. The third-order valence-electron chi connectivity index (χ3n) is 2.44. The Labute approximate surface area is 120 Å². The van der Waals surface area contributed by atoms with E-state index in [4.69, 9.17) is 15.4 Å². The zero-order valence-electron chi connectivity index (χ0n) is 10.4. The largest absolute Gasteiger partial charge is 0.492 e. The molecule has 9 heteroatoms. The Morgan fingerprint density at radius 3 is 2.55 bits per heavy atom. The minimum Gasteiger partial charge on any atom is -0.492 e. The van der Waals surface area contributed by atoms with Gasteiger partial charge in [0.15, 0.2) is 0 Å². The Kier molecular flexibility index (Phi) is 6.15. The van der Waals surface area contributed by atoms with Crippen molar-refractivity contribution in [1.29, 1.82) is 0 Å². The highest BCUT2D eigenvalue weighted by molar-refractivity contribution is 8.13. The van der Waals surface area contributed by atoms with E-state index < -0.39 is 31.2 Å². The molecule has 0 fully saturated rings. The van der Waals surface area contributed by atoms with E-state index in [1.54, 1.807) is 0 Å². The average molecular weight is 326 g/mol. The first kappa shape index (κ1) is 16.6. The molecule has 1 aromatic rings. The van der Waals surface area contributed by atoms with Crippen LogP contribution in [0, 0.1) is 10.1 Å². The molecular formula is C11H13ClFNO5S. The SMILES string of the molecule is O=[N+]([O-])c1ccc(OCCCCCF)c(S(=O)(=O)Cl)c1. The highest BCUT2D eigenvalue weighted by Gasteiger charge is 2.21. The van der Waals surface area contributed by atoms with Gasteiger partial charge in [0.05, 0.1) is 18.2 Å². The van der Waals surface area contributed by atoms with Gasteiger partial charge in [-0.05, 0) is 25.3 Å². The lowest BCUT2D eigenvalue weighted by Gasteiger charge is -2.09. The molecule has 0 spiro atoms. The van der Waals surface area contributed by atoms with Crippen molar-refractivity contribution < 1.29 is 22.5 Å². The number of benzene rings is 1. The molecule has 0 N–H and O–H groups in total. The second-order valence-corrected chi connectivity index (χ2v) is 6.46. The standard InChI is InChI=1S/C11H13ClFNO5S/c12-20(17,18)11-8-9(14(15)16)4-5-10(11)19-7-3-1-2-6-13/h4-5,8H,1-3,6-7H2. The molecule has 0 aliphatic carbocycles.